The number of ketones is 1. The molecule has 3 aromatic heterocycles. The Morgan fingerprint density at radius 3 is 2.20 bits per heavy atom. The number of allylic oxidation sites excluding steroid dienone is 2. The van der Waals surface area contributed by atoms with Gasteiger partial charge in [0.1, 0.15) is 12.5 Å². The average Bonchev–Trinajstić information content (AvgIpc) is 4.02. The topological polar surface area (TPSA) is 149 Å². The van der Waals surface area contributed by atoms with Crippen molar-refractivity contribution in [3.05, 3.63) is 90.1 Å². The predicted octanol–water partition coefficient (Wildman–Crippen LogP) is 8.87. The number of nitrogens with one attached hydrogen (secondary N) is 4. The lowest BCUT2D eigenvalue weighted by Crippen LogP contribution is -2.38. The van der Waals surface area contributed by atoms with E-state index >= 15 is 0 Å². The Bertz CT molecular complexity index is 2560. The molecule has 2 aliphatic heterocycles. The zero-order valence-corrected chi connectivity index (χ0v) is 40.9. The maximum atomic E-state index is 14.4. The van der Waals surface area contributed by atoms with Gasteiger partial charge in [0, 0.05) is 56.8 Å². The molecule has 6 rings (SSSR count). The number of hydrogen-bond donors (Lipinski definition) is 5. The van der Waals surface area contributed by atoms with Crippen LogP contribution in [0.2, 0.25) is 0 Å². The Kier molecular flexibility index (Phi) is 16.5. The number of rotatable bonds is 20. The molecule has 0 amide bonds. The molecule has 10 nitrogen and oxygen atoms in total. The lowest BCUT2D eigenvalue weighted by molar-refractivity contribution is -0.143. The standard InChI is InChI=1S/C55H76N4O6/c1-12-38-35(8)42-27-43-36(9)40(23-24-48(61)65-26-25-34(7)22-16-21-33(6)20-15-19-32(5)18-14-17-31(3)4)52(58-43)50-51(55(63)64-11)54(62)49-37(10)44(59-53(49)50)28-46-39(13-2)41(30-60)47(57-46)29-45(38)56-42/h12,25,27-33,36,40,51-52,56-60H,1,13-24,26H2,2-11H3/b34-25+,41-30-,43-27-,44-28-,47-29-/t32-,33+,36+,40+,51-,52?/m1/s1. The Morgan fingerprint density at radius 1 is 0.877 bits per heavy atom. The van der Waals surface area contributed by atoms with E-state index in [1.54, 1.807) is 0 Å². The van der Waals surface area contributed by atoms with Gasteiger partial charge in [-0.05, 0) is 117 Å². The maximum absolute atomic E-state index is 14.4. The van der Waals surface area contributed by atoms with Gasteiger partial charge in [-0.2, -0.15) is 0 Å². The van der Waals surface area contributed by atoms with Crippen molar-refractivity contribution in [2.24, 2.45) is 35.5 Å². The molecule has 3 aliphatic rings. The molecule has 0 saturated carbocycles. The van der Waals surface area contributed by atoms with Gasteiger partial charge in [0.15, 0.2) is 5.78 Å². The molecule has 0 spiro atoms. The highest BCUT2D eigenvalue weighted by atomic mass is 16.5. The summed E-state index contributed by atoms with van der Waals surface area (Å²) in [6.07, 6.45) is 23.6. The van der Waals surface area contributed by atoms with E-state index in [2.05, 4.69) is 74.5 Å². The first-order valence-corrected chi connectivity index (χ1v) is 24.4. The van der Waals surface area contributed by atoms with E-state index in [9.17, 15) is 19.5 Å². The quantitative estimate of drug-likeness (QED) is 0.0433. The Hall–Kier alpha value is -5.25. The van der Waals surface area contributed by atoms with Crippen molar-refractivity contribution < 1.29 is 29.0 Å². The minimum absolute atomic E-state index is 0.0891. The molecular formula is C55H76N4O6. The second-order valence-electron chi connectivity index (χ2n) is 19.8. The fourth-order valence-corrected chi connectivity index (χ4v) is 10.7. The Labute approximate surface area is 386 Å². The number of esters is 2. The molecule has 3 aromatic rings. The van der Waals surface area contributed by atoms with Gasteiger partial charge < -0.3 is 34.8 Å². The van der Waals surface area contributed by atoms with Gasteiger partial charge in [0.2, 0.25) is 0 Å². The number of aromatic nitrogens is 3. The van der Waals surface area contributed by atoms with E-state index in [4.69, 9.17) is 9.47 Å². The third-order valence-corrected chi connectivity index (χ3v) is 14.7. The number of fused-ring (bicyclic) bond motifs is 8. The molecule has 8 bridgehead atoms. The third-order valence-electron chi connectivity index (χ3n) is 14.7. The summed E-state index contributed by atoms with van der Waals surface area (Å²) in [6, 6.07) is -0.473. The Morgan fingerprint density at radius 2 is 1.55 bits per heavy atom. The first kappa shape index (κ1) is 49.2. The van der Waals surface area contributed by atoms with Crippen LogP contribution in [0.1, 0.15) is 169 Å². The molecule has 1 fully saturated rings. The summed E-state index contributed by atoms with van der Waals surface area (Å²) in [6.45, 7) is 24.0. The molecule has 0 radical (unpaired) electrons. The van der Waals surface area contributed by atoms with Crippen molar-refractivity contribution in [1.29, 1.82) is 0 Å². The smallest absolute Gasteiger partial charge is 0.320 e. The molecule has 5 N–H and O–H groups in total. The molecule has 5 heterocycles. The van der Waals surface area contributed by atoms with Crippen molar-refractivity contribution in [2.45, 2.75) is 145 Å². The summed E-state index contributed by atoms with van der Waals surface area (Å²) in [5.74, 6) is -0.281. The van der Waals surface area contributed by atoms with E-state index in [1.165, 1.54) is 57.6 Å². The van der Waals surface area contributed by atoms with E-state index in [0.717, 1.165) is 86.7 Å². The van der Waals surface area contributed by atoms with Crippen molar-refractivity contribution in [2.75, 3.05) is 13.7 Å². The normalized spacial score (nSPS) is 22.2. The van der Waals surface area contributed by atoms with E-state index in [-0.39, 0.29) is 36.6 Å². The number of carbonyl (C=O) groups excluding carboxylic acids is 3. The second kappa shape index (κ2) is 21.8. The number of hydrogen-bond acceptors (Lipinski definition) is 7. The lowest BCUT2D eigenvalue weighted by Gasteiger charge is -2.25. The molecule has 65 heavy (non-hydrogen) atoms. The summed E-state index contributed by atoms with van der Waals surface area (Å²) in [7, 11) is 1.31. The molecule has 352 valence electrons. The van der Waals surface area contributed by atoms with Crippen molar-refractivity contribution in [1.82, 2.24) is 20.3 Å². The van der Waals surface area contributed by atoms with Gasteiger partial charge in [0.05, 0.1) is 30.1 Å². The lowest BCUT2D eigenvalue weighted by atomic mass is 9.80. The number of carbonyl (C=O) groups is 3. The number of aromatic amines is 3. The van der Waals surface area contributed by atoms with Crippen LogP contribution in [-0.4, -0.2) is 57.5 Å². The third kappa shape index (κ3) is 10.9. The van der Waals surface area contributed by atoms with Gasteiger partial charge in [-0.3, -0.25) is 14.4 Å². The van der Waals surface area contributed by atoms with Gasteiger partial charge in [0.25, 0.3) is 0 Å². The fraction of sp³-hybridized carbons (Fsp3) is 0.545. The van der Waals surface area contributed by atoms with Gasteiger partial charge in [-0.15, -0.1) is 0 Å². The van der Waals surface area contributed by atoms with Gasteiger partial charge in [-0.1, -0.05) is 105 Å². The van der Waals surface area contributed by atoms with Crippen LogP contribution in [0.25, 0.3) is 36.1 Å². The number of aliphatic hydroxyl groups is 1. The molecule has 1 unspecified atom stereocenters. The number of H-pyrrole nitrogens is 3. The number of aliphatic hydroxyl groups excluding tert-OH is 1. The number of methoxy groups -OCH3 is 1. The second-order valence-corrected chi connectivity index (χ2v) is 19.8. The molecule has 10 heteroatoms. The van der Waals surface area contributed by atoms with Crippen LogP contribution >= 0.6 is 0 Å². The van der Waals surface area contributed by atoms with Crippen LogP contribution < -0.4 is 26.6 Å². The van der Waals surface area contributed by atoms with E-state index in [1.807, 2.05) is 45.1 Å². The maximum Gasteiger partial charge on any atom is 0.320 e. The zero-order chi connectivity index (χ0) is 47.1. The number of Topliss-reactive ketones (excluding diaryl/α,β-unsaturated/α-hetero) is 1. The largest absolute Gasteiger partial charge is 0.515 e. The van der Waals surface area contributed by atoms with Crippen LogP contribution in [0.15, 0.2) is 23.9 Å². The van der Waals surface area contributed by atoms with Crippen LogP contribution in [0.5, 0.6) is 0 Å². The van der Waals surface area contributed by atoms with Crippen molar-refractivity contribution in [3.63, 3.8) is 0 Å². The fourth-order valence-electron chi connectivity index (χ4n) is 10.7. The summed E-state index contributed by atoms with van der Waals surface area (Å²) in [5.41, 5.74) is 9.32. The van der Waals surface area contributed by atoms with Crippen LogP contribution in [-0.2, 0) is 25.5 Å². The first-order chi connectivity index (χ1) is 31.1. The average molecular weight is 889 g/mol. The zero-order valence-electron chi connectivity index (χ0n) is 40.9. The summed E-state index contributed by atoms with van der Waals surface area (Å²) < 4.78 is 11.1. The molecular weight excluding hydrogens is 813 g/mol. The highest BCUT2D eigenvalue weighted by molar-refractivity contribution is 6.19. The molecule has 6 atom stereocenters. The van der Waals surface area contributed by atoms with Gasteiger partial charge >= 0.3 is 11.9 Å². The molecule has 1 saturated heterocycles. The highest BCUT2D eigenvalue weighted by Crippen LogP contribution is 2.42. The minimum atomic E-state index is -1.14. The molecule has 0 aromatic carbocycles. The SMILES string of the molecule is C=Cc1c2[nH]c(c1C)/C=C1\NC(C3=c4[nH]/c(c(C)c4C(=O)[C@@H]3C(=O)OC)=C\c3[nH]c(/c(=C\O)c3CC)=C\2)[C@@H](CCC(=O)OC/C=C(\C)CCC[C@@H](C)CCC[C@H](C)CCCC(C)C)[C@@H]1C. The predicted molar refractivity (Wildman–Crippen MR) is 264 cm³/mol. The highest BCUT2D eigenvalue weighted by Gasteiger charge is 2.49. The Balaban J connectivity index is 1.22. The first-order valence-electron chi connectivity index (χ1n) is 24.4. The van der Waals surface area contributed by atoms with Crippen LogP contribution in [0.3, 0.4) is 0 Å². The monoisotopic (exact) mass is 889 g/mol. The van der Waals surface area contributed by atoms with Crippen LogP contribution in [0, 0.1) is 49.4 Å². The van der Waals surface area contributed by atoms with Crippen molar-refractivity contribution >= 4 is 53.9 Å². The number of ether oxygens (including phenoxy) is 2. The van der Waals surface area contributed by atoms with E-state index in [0.29, 0.717) is 40.5 Å². The summed E-state index contributed by atoms with van der Waals surface area (Å²) in [5, 5.41) is 17.0. The van der Waals surface area contributed by atoms with Gasteiger partial charge in [-0.25, -0.2) is 0 Å². The summed E-state index contributed by atoms with van der Waals surface area (Å²) >= 11 is 0. The van der Waals surface area contributed by atoms with E-state index < -0.39 is 17.9 Å². The molecule has 1 aliphatic carbocycles. The summed E-state index contributed by atoms with van der Waals surface area (Å²) in [4.78, 5) is 52.2. The minimum Gasteiger partial charge on any atom is -0.515 e. The van der Waals surface area contributed by atoms with Crippen LogP contribution in [0.4, 0.5) is 0 Å². The van der Waals surface area contributed by atoms with Crippen molar-refractivity contribution in [3.8, 4) is 0 Å².